The second-order valence-corrected chi connectivity index (χ2v) is 4.36. The van der Waals surface area contributed by atoms with Crippen LogP contribution in [0.15, 0.2) is 61.7 Å². The van der Waals surface area contributed by atoms with Crippen molar-refractivity contribution in [1.82, 2.24) is 0 Å². The highest BCUT2D eigenvalue weighted by Crippen LogP contribution is 2.16. The SMILES string of the molecule is C=CC=CC=Cc1ccc(C(=C)C(=O)OCCC(=O)O)cc1. The van der Waals surface area contributed by atoms with Crippen molar-refractivity contribution in [2.45, 2.75) is 6.42 Å². The number of hydrogen-bond donors (Lipinski definition) is 1. The summed E-state index contributed by atoms with van der Waals surface area (Å²) in [6.45, 7) is 7.09. The van der Waals surface area contributed by atoms with Crippen molar-refractivity contribution in [3.8, 4) is 0 Å². The number of carbonyl (C=O) groups excluding carboxylic acids is 1. The highest BCUT2D eigenvalue weighted by Gasteiger charge is 2.11. The molecule has 114 valence electrons. The summed E-state index contributed by atoms with van der Waals surface area (Å²) in [6.07, 6.45) is 8.94. The highest BCUT2D eigenvalue weighted by atomic mass is 16.5. The molecule has 0 aliphatic heterocycles. The molecule has 4 nitrogen and oxygen atoms in total. The molecule has 0 unspecified atom stereocenters. The number of rotatable bonds is 8. The number of carboxylic acid groups (broad SMARTS) is 1. The Morgan fingerprint density at radius 2 is 1.82 bits per heavy atom. The third-order valence-corrected chi connectivity index (χ3v) is 2.70. The number of benzene rings is 1. The van der Waals surface area contributed by atoms with Gasteiger partial charge < -0.3 is 9.84 Å². The Labute approximate surface area is 129 Å². The van der Waals surface area contributed by atoms with Gasteiger partial charge in [0.25, 0.3) is 0 Å². The third-order valence-electron chi connectivity index (χ3n) is 2.70. The summed E-state index contributed by atoms with van der Waals surface area (Å²) >= 11 is 0. The van der Waals surface area contributed by atoms with Gasteiger partial charge in [0.15, 0.2) is 0 Å². The van der Waals surface area contributed by atoms with Crippen molar-refractivity contribution in [2.75, 3.05) is 6.61 Å². The standard InChI is InChI=1S/C18H18O4/c1-3-4-5-6-7-15-8-10-16(11-9-15)14(2)18(21)22-13-12-17(19)20/h3-11H,1-2,12-13H2,(H,19,20). The van der Waals surface area contributed by atoms with Crippen LogP contribution in [0, 0.1) is 0 Å². The lowest BCUT2D eigenvalue weighted by Gasteiger charge is -2.06. The van der Waals surface area contributed by atoms with E-state index in [1.165, 1.54) is 0 Å². The van der Waals surface area contributed by atoms with E-state index >= 15 is 0 Å². The number of esters is 1. The minimum atomic E-state index is -1.01. The van der Waals surface area contributed by atoms with E-state index in [0.717, 1.165) is 5.56 Å². The van der Waals surface area contributed by atoms with Gasteiger partial charge in [-0.25, -0.2) is 4.79 Å². The molecule has 0 atom stereocenters. The summed E-state index contributed by atoms with van der Waals surface area (Å²) in [5.41, 5.74) is 1.82. The van der Waals surface area contributed by atoms with Crippen molar-refractivity contribution in [3.63, 3.8) is 0 Å². The fourth-order valence-corrected chi connectivity index (χ4v) is 1.54. The number of aliphatic carboxylic acids is 1. The molecule has 0 spiro atoms. The molecule has 1 aromatic rings. The molecule has 0 aromatic heterocycles. The molecule has 1 aromatic carbocycles. The fraction of sp³-hybridized carbons (Fsp3) is 0.111. The van der Waals surface area contributed by atoms with Crippen molar-refractivity contribution in [1.29, 1.82) is 0 Å². The lowest BCUT2D eigenvalue weighted by molar-refractivity contribution is -0.142. The minimum Gasteiger partial charge on any atom is -0.481 e. The van der Waals surface area contributed by atoms with E-state index < -0.39 is 11.9 Å². The van der Waals surface area contributed by atoms with Crippen LogP contribution in [0.25, 0.3) is 11.6 Å². The Morgan fingerprint density at radius 1 is 1.14 bits per heavy atom. The van der Waals surface area contributed by atoms with Gasteiger partial charge in [-0.2, -0.15) is 0 Å². The normalized spacial score (nSPS) is 10.7. The van der Waals surface area contributed by atoms with Crippen LogP contribution in [0.1, 0.15) is 17.5 Å². The Kier molecular flexibility index (Phi) is 7.13. The molecule has 0 saturated heterocycles. The molecular weight excluding hydrogens is 280 g/mol. The fourth-order valence-electron chi connectivity index (χ4n) is 1.54. The maximum absolute atomic E-state index is 11.7. The Balaban J connectivity index is 2.61. The van der Waals surface area contributed by atoms with Crippen LogP contribution in [0.3, 0.4) is 0 Å². The van der Waals surface area contributed by atoms with Gasteiger partial charge in [0.2, 0.25) is 0 Å². The van der Waals surface area contributed by atoms with Crippen LogP contribution >= 0.6 is 0 Å². The summed E-state index contributed by atoms with van der Waals surface area (Å²) in [7, 11) is 0. The van der Waals surface area contributed by atoms with Gasteiger partial charge in [-0.05, 0) is 11.1 Å². The smallest absolute Gasteiger partial charge is 0.338 e. The number of carboxylic acids is 1. The van der Waals surface area contributed by atoms with Crippen LogP contribution in [-0.2, 0) is 14.3 Å². The van der Waals surface area contributed by atoms with Crippen LogP contribution in [0.4, 0.5) is 0 Å². The number of allylic oxidation sites excluding steroid dienone is 4. The summed E-state index contributed by atoms with van der Waals surface area (Å²) in [5, 5.41) is 8.49. The van der Waals surface area contributed by atoms with Crippen LogP contribution in [0.5, 0.6) is 0 Å². The number of ether oxygens (including phenoxy) is 1. The molecule has 0 aliphatic rings. The molecular formula is C18H18O4. The zero-order valence-corrected chi connectivity index (χ0v) is 12.2. The van der Waals surface area contributed by atoms with Crippen molar-refractivity contribution < 1.29 is 19.4 Å². The van der Waals surface area contributed by atoms with E-state index in [0.29, 0.717) is 5.56 Å². The van der Waals surface area contributed by atoms with Crippen LogP contribution < -0.4 is 0 Å². The Bertz CT molecular complexity index is 606. The second-order valence-electron chi connectivity index (χ2n) is 4.36. The van der Waals surface area contributed by atoms with Crippen molar-refractivity contribution >= 4 is 23.6 Å². The molecule has 0 radical (unpaired) electrons. The average Bonchev–Trinajstić information content (AvgIpc) is 2.51. The van der Waals surface area contributed by atoms with E-state index in [4.69, 9.17) is 9.84 Å². The monoisotopic (exact) mass is 298 g/mol. The second kappa shape index (κ2) is 9.13. The van der Waals surface area contributed by atoms with Crippen LogP contribution in [0.2, 0.25) is 0 Å². The first-order chi connectivity index (χ1) is 10.5. The van der Waals surface area contributed by atoms with Crippen molar-refractivity contribution in [3.05, 3.63) is 72.9 Å². The molecule has 1 N–H and O–H groups in total. The topological polar surface area (TPSA) is 63.6 Å². The van der Waals surface area contributed by atoms with Gasteiger partial charge in [-0.15, -0.1) is 0 Å². The first kappa shape index (κ1) is 17.2. The summed E-state index contributed by atoms with van der Waals surface area (Å²) in [4.78, 5) is 22.1. The Morgan fingerprint density at radius 3 is 2.41 bits per heavy atom. The molecule has 0 heterocycles. The predicted octanol–water partition coefficient (Wildman–Crippen LogP) is 3.47. The summed E-state index contributed by atoms with van der Waals surface area (Å²) in [5.74, 6) is -1.63. The van der Waals surface area contributed by atoms with E-state index in [-0.39, 0.29) is 18.6 Å². The van der Waals surface area contributed by atoms with E-state index in [2.05, 4.69) is 13.2 Å². The maximum atomic E-state index is 11.7. The minimum absolute atomic E-state index is 0.163. The number of carbonyl (C=O) groups is 2. The van der Waals surface area contributed by atoms with E-state index in [1.807, 2.05) is 36.4 Å². The molecule has 0 saturated carbocycles. The average molecular weight is 298 g/mol. The van der Waals surface area contributed by atoms with Gasteiger partial charge in [0.05, 0.1) is 12.0 Å². The molecule has 0 amide bonds. The molecule has 22 heavy (non-hydrogen) atoms. The largest absolute Gasteiger partial charge is 0.481 e. The van der Waals surface area contributed by atoms with Gasteiger partial charge >= 0.3 is 11.9 Å². The predicted molar refractivity (Wildman–Crippen MR) is 87.1 cm³/mol. The quantitative estimate of drug-likeness (QED) is 0.453. The summed E-state index contributed by atoms with van der Waals surface area (Å²) < 4.78 is 4.84. The first-order valence-electron chi connectivity index (χ1n) is 6.68. The van der Waals surface area contributed by atoms with Gasteiger partial charge in [-0.1, -0.05) is 67.8 Å². The number of hydrogen-bond acceptors (Lipinski definition) is 3. The molecule has 0 fully saturated rings. The zero-order chi connectivity index (χ0) is 16.4. The molecule has 0 aliphatic carbocycles. The molecule has 0 bridgehead atoms. The highest BCUT2D eigenvalue weighted by molar-refractivity contribution is 6.15. The molecule has 1 rings (SSSR count). The van der Waals surface area contributed by atoms with Gasteiger partial charge in [0.1, 0.15) is 6.61 Å². The maximum Gasteiger partial charge on any atom is 0.338 e. The van der Waals surface area contributed by atoms with Crippen molar-refractivity contribution in [2.24, 2.45) is 0 Å². The van der Waals surface area contributed by atoms with Gasteiger partial charge in [0, 0.05) is 0 Å². The van der Waals surface area contributed by atoms with E-state index in [9.17, 15) is 9.59 Å². The lowest BCUT2D eigenvalue weighted by Crippen LogP contribution is -2.10. The van der Waals surface area contributed by atoms with Crippen LogP contribution in [-0.4, -0.2) is 23.7 Å². The zero-order valence-electron chi connectivity index (χ0n) is 12.2. The molecule has 4 heteroatoms. The Hall–Kier alpha value is -2.88. The summed E-state index contributed by atoms with van der Waals surface area (Å²) in [6, 6.07) is 7.22. The van der Waals surface area contributed by atoms with E-state index in [1.54, 1.807) is 18.2 Å². The first-order valence-corrected chi connectivity index (χ1v) is 6.68. The van der Waals surface area contributed by atoms with Gasteiger partial charge in [-0.3, -0.25) is 4.79 Å². The lowest BCUT2D eigenvalue weighted by atomic mass is 10.1. The third kappa shape index (κ3) is 6.05.